The molecule has 3 N–H and O–H groups in total. The van der Waals surface area contributed by atoms with E-state index in [0.29, 0.717) is 17.5 Å². The summed E-state index contributed by atoms with van der Waals surface area (Å²) in [5, 5.41) is 3.02. The molecule has 1 aliphatic carbocycles. The van der Waals surface area contributed by atoms with Crippen molar-refractivity contribution in [3.8, 4) is 5.75 Å². The van der Waals surface area contributed by atoms with Crippen LogP contribution in [-0.4, -0.2) is 18.1 Å². The van der Waals surface area contributed by atoms with Gasteiger partial charge in [-0.25, -0.2) is 0 Å². The van der Waals surface area contributed by atoms with Crippen LogP contribution in [0.5, 0.6) is 5.75 Å². The Morgan fingerprint density at radius 2 is 2.17 bits per heavy atom. The highest BCUT2D eigenvalue weighted by atomic mass is 16.5. The number of carbonyl (C=O) groups is 1. The Kier molecular flexibility index (Phi) is 4.07. The zero-order valence-electron chi connectivity index (χ0n) is 10.7. The molecule has 1 saturated carbocycles. The first-order chi connectivity index (χ1) is 8.65. The van der Waals surface area contributed by atoms with E-state index in [2.05, 4.69) is 5.32 Å². The first-order valence-electron chi connectivity index (χ1n) is 6.48. The SMILES string of the molecule is CC(Oc1cccc(N)c1)C(=O)NC1CCCC1. The number of ether oxygens (including phenoxy) is 1. The molecule has 1 aliphatic rings. The maximum absolute atomic E-state index is 11.9. The van der Waals surface area contributed by atoms with E-state index >= 15 is 0 Å². The van der Waals surface area contributed by atoms with Crippen molar-refractivity contribution in [3.05, 3.63) is 24.3 Å². The minimum absolute atomic E-state index is 0.0516. The number of nitrogens with two attached hydrogens (primary N) is 1. The molecule has 2 rings (SSSR count). The third-order valence-corrected chi connectivity index (χ3v) is 3.24. The van der Waals surface area contributed by atoms with Gasteiger partial charge in [-0.15, -0.1) is 0 Å². The van der Waals surface area contributed by atoms with E-state index in [0.717, 1.165) is 12.8 Å². The Bertz CT molecular complexity index is 414. The monoisotopic (exact) mass is 248 g/mol. The van der Waals surface area contributed by atoms with Crippen molar-refractivity contribution in [1.29, 1.82) is 0 Å². The molecule has 1 aromatic rings. The first kappa shape index (κ1) is 12.7. The summed E-state index contributed by atoms with van der Waals surface area (Å²) in [7, 11) is 0. The second-order valence-electron chi connectivity index (χ2n) is 4.82. The van der Waals surface area contributed by atoms with Crippen LogP contribution in [0.1, 0.15) is 32.6 Å². The molecule has 98 valence electrons. The number of nitrogens with one attached hydrogen (secondary N) is 1. The Morgan fingerprint density at radius 1 is 1.44 bits per heavy atom. The first-order valence-corrected chi connectivity index (χ1v) is 6.48. The number of hydrogen-bond donors (Lipinski definition) is 2. The van der Waals surface area contributed by atoms with Crippen LogP contribution in [-0.2, 0) is 4.79 Å². The predicted molar refractivity (Wildman–Crippen MR) is 71.3 cm³/mol. The van der Waals surface area contributed by atoms with Crippen molar-refractivity contribution in [2.75, 3.05) is 5.73 Å². The average molecular weight is 248 g/mol. The minimum atomic E-state index is -0.493. The molecule has 4 heteroatoms. The van der Waals surface area contributed by atoms with Crippen LogP contribution in [0.25, 0.3) is 0 Å². The number of nitrogen functional groups attached to an aromatic ring is 1. The Hall–Kier alpha value is -1.71. The molecule has 0 bridgehead atoms. The summed E-state index contributed by atoms with van der Waals surface area (Å²) in [6.07, 6.45) is 4.07. The summed E-state index contributed by atoms with van der Waals surface area (Å²) in [5.74, 6) is 0.577. The summed E-state index contributed by atoms with van der Waals surface area (Å²) in [5.41, 5.74) is 6.30. The van der Waals surface area contributed by atoms with Gasteiger partial charge >= 0.3 is 0 Å². The molecule has 0 aliphatic heterocycles. The van der Waals surface area contributed by atoms with E-state index < -0.39 is 6.10 Å². The molecule has 1 aromatic carbocycles. The normalized spacial score (nSPS) is 17.4. The topological polar surface area (TPSA) is 64.3 Å². The van der Waals surface area contributed by atoms with Gasteiger partial charge in [0, 0.05) is 17.8 Å². The van der Waals surface area contributed by atoms with Crippen LogP contribution in [0.2, 0.25) is 0 Å². The summed E-state index contributed by atoms with van der Waals surface area (Å²) >= 11 is 0. The van der Waals surface area contributed by atoms with Crippen LogP contribution in [0, 0.1) is 0 Å². The number of rotatable bonds is 4. The highest BCUT2D eigenvalue weighted by molar-refractivity contribution is 5.81. The van der Waals surface area contributed by atoms with E-state index in [1.54, 1.807) is 25.1 Å². The van der Waals surface area contributed by atoms with Crippen LogP contribution in [0.4, 0.5) is 5.69 Å². The Balaban J connectivity index is 1.86. The zero-order valence-corrected chi connectivity index (χ0v) is 10.7. The molecule has 1 fully saturated rings. The lowest BCUT2D eigenvalue weighted by molar-refractivity contribution is -0.127. The largest absolute Gasteiger partial charge is 0.481 e. The van der Waals surface area contributed by atoms with Crippen LogP contribution in [0.3, 0.4) is 0 Å². The Morgan fingerprint density at radius 3 is 2.83 bits per heavy atom. The molecule has 0 radical (unpaired) electrons. The quantitative estimate of drug-likeness (QED) is 0.802. The highest BCUT2D eigenvalue weighted by Gasteiger charge is 2.21. The molecular weight excluding hydrogens is 228 g/mol. The fraction of sp³-hybridized carbons (Fsp3) is 0.500. The van der Waals surface area contributed by atoms with Crippen LogP contribution >= 0.6 is 0 Å². The molecule has 4 nitrogen and oxygen atoms in total. The van der Waals surface area contributed by atoms with Gasteiger partial charge in [-0.05, 0) is 31.9 Å². The average Bonchev–Trinajstić information content (AvgIpc) is 2.81. The standard InChI is InChI=1S/C14H20N2O2/c1-10(14(17)16-12-6-2-3-7-12)18-13-8-4-5-11(15)9-13/h4-5,8-10,12H,2-3,6-7,15H2,1H3,(H,16,17). The van der Waals surface area contributed by atoms with Gasteiger partial charge in [0.05, 0.1) is 0 Å². The highest BCUT2D eigenvalue weighted by Crippen LogP contribution is 2.19. The second kappa shape index (κ2) is 5.76. The number of anilines is 1. The molecular formula is C14H20N2O2. The van der Waals surface area contributed by atoms with Gasteiger partial charge in [-0.1, -0.05) is 18.9 Å². The molecule has 1 atom stereocenters. The van der Waals surface area contributed by atoms with Crippen molar-refractivity contribution in [2.24, 2.45) is 0 Å². The van der Waals surface area contributed by atoms with Gasteiger partial charge in [0.1, 0.15) is 5.75 Å². The molecule has 1 unspecified atom stereocenters. The number of amides is 1. The summed E-state index contributed by atoms with van der Waals surface area (Å²) < 4.78 is 5.58. The van der Waals surface area contributed by atoms with Gasteiger partial charge in [0.15, 0.2) is 6.10 Å². The predicted octanol–water partition coefficient (Wildman–Crippen LogP) is 2.09. The third kappa shape index (κ3) is 3.39. The number of carbonyl (C=O) groups excluding carboxylic acids is 1. The molecule has 0 heterocycles. The fourth-order valence-electron chi connectivity index (χ4n) is 2.23. The van der Waals surface area contributed by atoms with E-state index in [1.165, 1.54) is 12.8 Å². The fourth-order valence-corrected chi connectivity index (χ4v) is 2.23. The third-order valence-electron chi connectivity index (χ3n) is 3.24. The van der Waals surface area contributed by atoms with Crippen LogP contribution < -0.4 is 15.8 Å². The summed E-state index contributed by atoms with van der Waals surface area (Å²) in [4.78, 5) is 11.9. The van der Waals surface area contributed by atoms with Gasteiger partial charge in [0.2, 0.25) is 0 Å². The minimum Gasteiger partial charge on any atom is -0.481 e. The Labute approximate surface area is 108 Å². The number of benzene rings is 1. The smallest absolute Gasteiger partial charge is 0.260 e. The lowest BCUT2D eigenvalue weighted by Crippen LogP contribution is -2.41. The molecule has 0 spiro atoms. The lowest BCUT2D eigenvalue weighted by atomic mass is 10.2. The van der Waals surface area contributed by atoms with E-state index in [4.69, 9.17) is 10.5 Å². The molecule has 0 aromatic heterocycles. The lowest BCUT2D eigenvalue weighted by Gasteiger charge is -2.18. The van der Waals surface area contributed by atoms with Crippen molar-refractivity contribution in [2.45, 2.75) is 44.8 Å². The molecule has 0 saturated heterocycles. The maximum atomic E-state index is 11.9. The van der Waals surface area contributed by atoms with Gasteiger partial charge in [0.25, 0.3) is 5.91 Å². The second-order valence-corrected chi connectivity index (χ2v) is 4.82. The van der Waals surface area contributed by atoms with E-state index in [1.807, 2.05) is 6.07 Å². The van der Waals surface area contributed by atoms with E-state index in [-0.39, 0.29) is 5.91 Å². The molecule has 18 heavy (non-hydrogen) atoms. The van der Waals surface area contributed by atoms with Crippen molar-refractivity contribution in [1.82, 2.24) is 5.32 Å². The van der Waals surface area contributed by atoms with Gasteiger partial charge in [-0.3, -0.25) is 4.79 Å². The van der Waals surface area contributed by atoms with Crippen LogP contribution in [0.15, 0.2) is 24.3 Å². The molecule has 1 amide bonds. The van der Waals surface area contributed by atoms with Gasteiger partial charge in [-0.2, -0.15) is 0 Å². The van der Waals surface area contributed by atoms with Crippen molar-refractivity contribution in [3.63, 3.8) is 0 Å². The van der Waals surface area contributed by atoms with Gasteiger partial charge < -0.3 is 15.8 Å². The maximum Gasteiger partial charge on any atom is 0.260 e. The van der Waals surface area contributed by atoms with E-state index in [9.17, 15) is 4.79 Å². The van der Waals surface area contributed by atoms with Crippen molar-refractivity contribution < 1.29 is 9.53 Å². The summed E-state index contributed by atoms with van der Waals surface area (Å²) in [6, 6.07) is 7.45. The van der Waals surface area contributed by atoms with Crippen molar-refractivity contribution >= 4 is 11.6 Å². The zero-order chi connectivity index (χ0) is 13.0. The summed E-state index contributed by atoms with van der Waals surface area (Å²) in [6.45, 7) is 1.76. The number of hydrogen-bond acceptors (Lipinski definition) is 3.